The molecule has 0 saturated carbocycles. The van der Waals surface area contributed by atoms with E-state index in [1.165, 1.54) is 5.56 Å². The molecule has 5 heteroatoms. The van der Waals surface area contributed by atoms with Crippen molar-refractivity contribution in [3.63, 3.8) is 0 Å². The van der Waals surface area contributed by atoms with Crippen molar-refractivity contribution in [3.05, 3.63) is 34.3 Å². The lowest BCUT2D eigenvalue weighted by atomic mass is 10.1. The number of aromatic nitrogens is 2. The average Bonchev–Trinajstić information content (AvgIpc) is 2.92. The van der Waals surface area contributed by atoms with Crippen LogP contribution in [0.5, 0.6) is 0 Å². The maximum atomic E-state index is 4.35. The van der Waals surface area contributed by atoms with E-state index in [1.807, 2.05) is 7.05 Å². The fourth-order valence-electron chi connectivity index (χ4n) is 1.90. The maximum Gasteiger partial charge on any atom is 0.135 e. The molecule has 0 aliphatic heterocycles. The Morgan fingerprint density at radius 3 is 2.72 bits per heavy atom. The number of rotatable bonds is 5. The van der Waals surface area contributed by atoms with Gasteiger partial charge in [-0.1, -0.05) is 6.92 Å². The zero-order valence-electron chi connectivity index (χ0n) is 10.9. The first-order chi connectivity index (χ1) is 8.76. The van der Waals surface area contributed by atoms with Crippen LogP contribution >= 0.6 is 11.3 Å². The third-order valence-corrected chi connectivity index (χ3v) is 3.63. The highest BCUT2D eigenvalue weighted by atomic mass is 32.1. The highest BCUT2D eigenvalue weighted by Gasteiger charge is 2.12. The normalized spacial score (nSPS) is 12.2. The number of nitrogens with one attached hydrogen (secondary N) is 2. The SMILES string of the molecule is CCc1c(NC)ncnc1NC(C)c1ccsc1. The van der Waals surface area contributed by atoms with Crippen molar-refractivity contribution in [1.29, 1.82) is 0 Å². The Labute approximate surface area is 111 Å². The number of hydrogen-bond donors (Lipinski definition) is 2. The molecule has 18 heavy (non-hydrogen) atoms. The molecular weight excluding hydrogens is 244 g/mol. The van der Waals surface area contributed by atoms with Crippen LogP contribution in [0.2, 0.25) is 0 Å². The molecule has 1 unspecified atom stereocenters. The summed E-state index contributed by atoms with van der Waals surface area (Å²) < 4.78 is 0. The summed E-state index contributed by atoms with van der Waals surface area (Å²) in [5, 5.41) is 10.8. The topological polar surface area (TPSA) is 49.8 Å². The van der Waals surface area contributed by atoms with E-state index in [4.69, 9.17) is 0 Å². The molecule has 0 amide bonds. The number of hydrogen-bond acceptors (Lipinski definition) is 5. The summed E-state index contributed by atoms with van der Waals surface area (Å²) in [6, 6.07) is 2.38. The van der Waals surface area contributed by atoms with Crippen LogP contribution < -0.4 is 10.6 Å². The van der Waals surface area contributed by atoms with Gasteiger partial charge in [0.15, 0.2) is 0 Å². The molecule has 2 rings (SSSR count). The minimum absolute atomic E-state index is 0.251. The maximum absolute atomic E-state index is 4.35. The molecule has 4 nitrogen and oxygen atoms in total. The van der Waals surface area contributed by atoms with E-state index in [2.05, 4.69) is 51.3 Å². The summed E-state index contributed by atoms with van der Waals surface area (Å²) in [6.07, 6.45) is 2.49. The highest BCUT2D eigenvalue weighted by Crippen LogP contribution is 2.25. The van der Waals surface area contributed by atoms with Crippen LogP contribution in [0.15, 0.2) is 23.2 Å². The lowest BCUT2D eigenvalue weighted by Crippen LogP contribution is -2.11. The Balaban J connectivity index is 2.23. The third-order valence-electron chi connectivity index (χ3n) is 2.93. The predicted molar refractivity (Wildman–Crippen MR) is 77.3 cm³/mol. The number of anilines is 2. The minimum atomic E-state index is 0.251. The molecule has 0 aromatic carbocycles. The van der Waals surface area contributed by atoms with E-state index in [0.717, 1.165) is 23.6 Å². The molecule has 0 aliphatic carbocycles. The quantitative estimate of drug-likeness (QED) is 0.868. The molecule has 2 N–H and O–H groups in total. The standard InChI is InChI=1S/C13H18N4S/c1-4-11-12(14-3)15-8-16-13(11)17-9(2)10-5-6-18-7-10/h5-9H,4H2,1-3H3,(H2,14,15,16,17). The van der Waals surface area contributed by atoms with Crippen LogP contribution in [0, 0.1) is 0 Å². The van der Waals surface area contributed by atoms with Gasteiger partial charge in [0.2, 0.25) is 0 Å². The second kappa shape index (κ2) is 5.82. The zero-order valence-corrected chi connectivity index (χ0v) is 11.7. The van der Waals surface area contributed by atoms with Crippen LogP contribution in [0.1, 0.15) is 31.0 Å². The minimum Gasteiger partial charge on any atom is -0.373 e. The fraction of sp³-hybridized carbons (Fsp3) is 0.385. The van der Waals surface area contributed by atoms with Crippen LogP contribution in [0.4, 0.5) is 11.6 Å². The van der Waals surface area contributed by atoms with Gasteiger partial charge in [-0.05, 0) is 35.7 Å². The predicted octanol–water partition coefficient (Wildman–Crippen LogP) is 3.32. The van der Waals surface area contributed by atoms with Crippen molar-refractivity contribution >= 4 is 23.0 Å². The van der Waals surface area contributed by atoms with Gasteiger partial charge < -0.3 is 10.6 Å². The van der Waals surface area contributed by atoms with Gasteiger partial charge in [-0.15, -0.1) is 0 Å². The van der Waals surface area contributed by atoms with Crippen molar-refractivity contribution in [2.45, 2.75) is 26.3 Å². The molecule has 2 aromatic heterocycles. The molecule has 2 heterocycles. The molecule has 0 aliphatic rings. The molecule has 0 spiro atoms. The van der Waals surface area contributed by atoms with Crippen molar-refractivity contribution in [1.82, 2.24) is 9.97 Å². The van der Waals surface area contributed by atoms with Crippen LogP contribution in [-0.4, -0.2) is 17.0 Å². The third kappa shape index (κ3) is 2.61. The van der Waals surface area contributed by atoms with Crippen molar-refractivity contribution in [3.8, 4) is 0 Å². The van der Waals surface area contributed by atoms with Crippen LogP contribution in [0.3, 0.4) is 0 Å². The molecule has 0 saturated heterocycles. The molecule has 0 radical (unpaired) electrons. The Morgan fingerprint density at radius 2 is 2.11 bits per heavy atom. The summed E-state index contributed by atoms with van der Waals surface area (Å²) in [4.78, 5) is 8.59. The van der Waals surface area contributed by atoms with E-state index < -0.39 is 0 Å². The van der Waals surface area contributed by atoms with Crippen LogP contribution in [-0.2, 0) is 6.42 Å². The molecular formula is C13H18N4S. The lowest BCUT2D eigenvalue weighted by molar-refractivity contribution is 0.868. The first-order valence-corrected chi connectivity index (χ1v) is 7.00. The van der Waals surface area contributed by atoms with Crippen molar-refractivity contribution in [2.24, 2.45) is 0 Å². The smallest absolute Gasteiger partial charge is 0.135 e. The second-order valence-electron chi connectivity index (χ2n) is 4.08. The fourth-order valence-corrected chi connectivity index (χ4v) is 2.65. The van der Waals surface area contributed by atoms with Gasteiger partial charge in [0.25, 0.3) is 0 Å². The van der Waals surface area contributed by atoms with E-state index in [0.29, 0.717) is 0 Å². The molecule has 0 fully saturated rings. The van der Waals surface area contributed by atoms with Crippen LogP contribution in [0.25, 0.3) is 0 Å². The Kier molecular flexibility index (Phi) is 4.15. The van der Waals surface area contributed by atoms with Gasteiger partial charge in [0.1, 0.15) is 18.0 Å². The summed E-state index contributed by atoms with van der Waals surface area (Å²) in [7, 11) is 1.88. The number of thiophene rings is 1. The van der Waals surface area contributed by atoms with E-state index in [-0.39, 0.29) is 6.04 Å². The monoisotopic (exact) mass is 262 g/mol. The largest absolute Gasteiger partial charge is 0.373 e. The average molecular weight is 262 g/mol. The molecule has 0 bridgehead atoms. The summed E-state index contributed by atoms with van der Waals surface area (Å²) in [5.41, 5.74) is 2.41. The molecule has 1 atom stereocenters. The van der Waals surface area contributed by atoms with Gasteiger partial charge in [0.05, 0.1) is 6.04 Å². The van der Waals surface area contributed by atoms with Gasteiger partial charge >= 0.3 is 0 Å². The lowest BCUT2D eigenvalue weighted by Gasteiger charge is -2.17. The van der Waals surface area contributed by atoms with E-state index >= 15 is 0 Å². The van der Waals surface area contributed by atoms with E-state index in [1.54, 1.807) is 17.7 Å². The summed E-state index contributed by atoms with van der Waals surface area (Å²) >= 11 is 1.71. The van der Waals surface area contributed by atoms with Gasteiger partial charge in [-0.25, -0.2) is 9.97 Å². The Bertz CT molecular complexity index is 496. The zero-order chi connectivity index (χ0) is 13.0. The van der Waals surface area contributed by atoms with Gasteiger partial charge in [-0.3, -0.25) is 0 Å². The summed E-state index contributed by atoms with van der Waals surface area (Å²) in [6.45, 7) is 4.25. The summed E-state index contributed by atoms with van der Waals surface area (Å²) in [5.74, 6) is 1.81. The second-order valence-corrected chi connectivity index (χ2v) is 4.86. The molecule has 2 aromatic rings. The van der Waals surface area contributed by atoms with E-state index in [9.17, 15) is 0 Å². The number of nitrogens with zero attached hydrogens (tertiary/aromatic N) is 2. The first kappa shape index (κ1) is 12.8. The van der Waals surface area contributed by atoms with Gasteiger partial charge in [0, 0.05) is 12.6 Å². The Morgan fingerprint density at radius 1 is 1.33 bits per heavy atom. The Hall–Kier alpha value is -1.62. The van der Waals surface area contributed by atoms with Crippen molar-refractivity contribution in [2.75, 3.05) is 17.7 Å². The van der Waals surface area contributed by atoms with Gasteiger partial charge in [-0.2, -0.15) is 11.3 Å². The van der Waals surface area contributed by atoms with Crippen molar-refractivity contribution < 1.29 is 0 Å². The molecule has 96 valence electrons. The first-order valence-electron chi connectivity index (χ1n) is 6.06. The highest BCUT2D eigenvalue weighted by molar-refractivity contribution is 7.07.